The molecule has 14 heteroatoms. The van der Waals surface area contributed by atoms with Gasteiger partial charge in [0.25, 0.3) is 0 Å². The fourth-order valence-electron chi connectivity index (χ4n) is 11.4. The molecule has 0 spiro atoms. The third kappa shape index (κ3) is 7.31. The number of aryl methyl sites for hydroxylation is 4. The molecule has 74 heavy (non-hydrogen) atoms. The number of aromatic nitrogens is 8. The van der Waals surface area contributed by atoms with E-state index in [1.165, 1.54) is 66.8 Å². The second kappa shape index (κ2) is 18.8. The largest absolute Gasteiger partial charge is 0.581 e. The van der Waals surface area contributed by atoms with Crippen LogP contribution in [0.25, 0.3) is 22.3 Å². The number of rotatable bonds is 6. The van der Waals surface area contributed by atoms with Crippen molar-refractivity contribution >= 4 is 34.6 Å². The van der Waals surface area contributed by atoms with Gasteiger partial charge in [-0.15, -0.1) is 35.8 Å². The van der Waals surface area contributed by atoms with Crippen molar-refractivity contribution in [3.63, 3.8) is 0 Å². The number of nitrogens with zero attached hydrogens (tertiary/aromatic N) is 12. The van der Waals surface area contributed by atoms with Crippen LogP contribution in [-0.2, 0) is 53.0 Å². The van der Waals surface area contributed by atoms with Crippen LogP contribution in [-0.4, -0.2) is 44.2 Å². The zero-order chi connectivity index (χ0) is 48.9. The molecule has 0 N–H and O–H groups in total. The topological polar surface area (TPSA) is 119 Å². The van der Waals surface area contributed by atoms with E-state index >= 15 is 0 Å². The predicted octanol–water partition coefficient (Wildman–Crippen LogP) is 10.6. The molecule has 10 aromatic rings. The Labute approximate surface area is 459 Å². The molecule has 0 saturated heterocycles. The summed E-state index contributed by atoms with van der Waals surface area (Å²) < 4.78 is 0. The van der Waals surface area contributed by atoms with Crippen molar-refractivity contribution in [1.29, 1.82) is 0 Å². The molecule has 0 bridgehead atoms. The monoisotopic (exact) mass is 1320 g/mol. The second-order valence-electron chi connectivity index (χ2n) is 19.0. The van der Waals surface area contributed by atoms with Gasteiger partial charge in [0.05, 0.1) is 10.8 Å². The number of fused-ring (bicyclic) bond motifs is 8. The molecule has 0 fully saturated rings. The Bertz CT molecular complexity index is 3400. The van der Waals surface area contributed by atoms with Crippen LogP contribution in [0.1, 0.15) is 67.0 Å². The Morgan fingerprint density at radius 3 is 1.09 bits per heavy atom. The molecule has 6 aromatic carbocycles. The molecule has 0 unspecified atom stereocenters. The van der Waals surface area contributed by atoms with Gasteiger partial charge in [-0.25, -0.2) is 19.9 Å². The van der Waals surface area contributed by atoms with E-state index in [4.69, 9.17) is 0 Å². The van der Waals surface area contributed by atoms with Crippen molar-refractivity contribution in [1.82, 2.24) is 40.3 Å². The molecule has 0 atom stereocenters. The number of hydrogen-bond acceptors (Lipinski definition) is 10. The first-order valence-electron chi connectivity index (χ1n) is 23.9. The van der Waals surface area contributed by atoms with E-state index in [-0.39, 0.29) is 42.1 Å². The minimum atomic E-state index is -0.633. The van der Waals surface area contributed by atoms with E-state index in [9.17, 15) is 0 Å². The van der Waals surface area contributed by atoms with Crippen LogP contribution >= 0.6 is 0 Å². The van der Waals surface area contributed by atoms with Gasteiger partial charge in [-0.1, -0.05) is 107 Å². The van der Waals surface area contributed by atoms with Crippen LogP contribution in [0.3, 0.4) is 0 Å². The van der Waals surface area contributed by atoms with Gasteiger partial charge in [0.1, 0.15) is 23.3 Å². The van der Waals surface area contributed by atoms with Gasteiger partial charge in [-0.3, -0.25) is 0 Å². The minimum absolute atomic E-state index is 0. The first-order chi connectivity index (χ1) is 35.1. The summed E-state index contributed by atoms with van der Waals surface area (Å²) in [6.07, 6.45) is 10.4. The predicted molar refractivity (Wildman–Crippen MR) is 280 cm³/mol. The van der Waals surface area contributed by atoms with Crippen molar-refractivity contribution in [2.24, 2.45) is 0 Å². The van der Waals surface area contributed by atoms with E-state index in [1.54, 1.807) is 37.2 Å². The third-order valence-corrected chi connectivity index (χ3v) is 14.5. The minimum Gasteiger partial charge on any atom is -0.581 e. The van der Waals surface area contributed by atoms with Gasteiger partial charge < -0.3 is 40.0 Å². The zero-order valence-electron chi connectivity index (χ0n) is 41.2. The van der Waals surface area contributed by atoms with Crippen LogP contribution in [0.4, 0.5) is 34.6 Å². The van der Waals surface area contributed by atoms with Gasteiger partial charge in [-0.2, -0.15) is 60.9 Å². The van der Waals surface area contributed by atoms with Crippen LogP contribution in [0.5, 0.6) is 0 Å². The van der Waals surface area contributed by atoms with Gasteiger partial charge in [0.15, 0.2) is 0 Å². The second-order valence-corrected chi connectivity index (χ2v) is 19.0. The summed E-state index contributed by atoms with van der Waals surface area (Å²) in [5, 5.41) is 17.8. The first-order valence-corrected chi connectivity index (χ1v) is 23.9. The Hall–Kier alpha value is -7.52. The van der Waals surface area contributed by atoms with E-state index in [1.807, 2.05) is 59.2 Å². The summed E-state index contributed by atoms with van der Waals surface area (Å²) >= 11 is 0. The Morgan fingerprint density at radius 2 is 0.770 bits per heavy atom. The molecule has 0 amide bonds. The summed E-state index contributed by atoms with van der Waals surface area (Å²) in [4.78, 5) is 26.3. The maximum atomic E-state index is 4.66. The van der Waals surface area contributed by atoms with Gasteiger partial charge >= 0.3 is 0 Å². The molecule has 6 heterocycles. The van der Waals surface area contributed by atoms with Crippen molar-refractivity contribution in [2.45, 2.75) is 38.5 Å². The normalized spacial score (nSPS) is 14.7. The summed E-state index contributed by atoms with van der Waals surface area (Å²) in [5.41, 5.74) is 18.9. The molecule has 0 saturated carbocycles. The number of anilines is 6. The molecule has 12 nitrogen and oxygen atoms in total. The molecule has 2 aliphatic carbocycles. The standard InChI is InChI=1S/2C30H23N6.2Pt/c2*1-19-7-9-23-24-10-8-20(2)16-26(24)30(25(23)15-19,27-11-12-33-34-27)21-5-4-6-22(17-21)36-18-35(3)28-29(36)32-14-13-31-28;;/h2*4-16,18H,1-3H3;;/q2*-3;;. The SMILES string of the molecule is Cc1ccc2c(c1)C(c1[c-]c(N3[CH-]N(C)c4nccnc43)ccc1)(c1cc[n-]n1)c1cc(C)ccc1-2.Cc1ccc2c(c1)C(c1[c-]c(N3[CH-]N(C)c4nccnc43)ccc1)(c1cc[n-]n1)c1cc(C)ccc1-2.[Pt].[Pt]. The number of benzene rings is 6. The van der Waals surface area contributed by atoms with Gasteiger partial charge in [-0.05, 0) is 86.3 Å². The Morgan fingerprint density at radius 1 is 0.432 bits per heavy atom. The number of hydrogen-bond donors (Lipinski definition) is 0. The summed E-state index contributed by atoms with van der Waals surface area (Å²) in [7, 11) is 3.96. The van der Waals surface area contributed by atoms with Crippen LogP contribution in [0.2, 0.25) is 0 Å². The van der Waals surface area contributed by atoms with Crippen LogP contribution < -0.4 is 29.8 Å². The van der Waals surface area contributed by atoms with Crippen molar-refractivity contribution < 1.29 is 42.1 Å². The molecule has 14 rings (SSSR count). The molecule has 0 radical (unpaired) electrons. The first kappa shape index (κ1) is 48.7. The van der Waals surface area contributed by atoms with E-state index in [0.717, 1.165) is 57.2 Å². The van der Waals surface area contributed by atoms with Gasteiger partial charge in [0.2, 0.25) is 0 Å². The van der Waals surface area contributed by atoms with Crippen LogP contribution in [0, 0.1) is 53.2 Å². The van der Waals surface area contributed by atoms with Gasteiger partial charge in [0, 0.05) is 78.3 Å². The smallest absolute Gasteiger partial charge is 0.143 e. The fraction of sp³-hybridized carbons (Fsp3) is 0.133. The van der Waals surface area contributed by atoms with Crippen molar-refractivity contribution in [3.05, 3.63) is 251 Å². The maximum absolute atomic E-state index is 4.66. The summed E-state index contributed by atoms with van der Waals surface area (Å²) in [6.45, 7) is 12.6. The molecule has 4 aromatic heterocycles. The van der Waals surface area contributed by atoms with Crippen molar-refractivity contribution in [3.8, 4) is 22.3 Å². The van der Waals surface area contributed by atoms with Crippen molar-refractivity contribution in [2.75, 3.05) is 33.7 Å². The maximum Gasteiger partial charge on any atom is 0.143 e. The van der Waals surface area contributed by atoms with Crippen LogP contribution in [0.15, 0.2) is 159 Å². The third-order valence-electron chi connectivity index (χ3n) is 14.5. The molecule has 372 valence electrons. The Balaban J connectivity index is 0.000000155. The summed E-state index contributed by atoms with van der Waals surface area (Å²) in [5.74, 6) is 3.20. The molecule has 2 aliphatic heterocycles. The quantitative estimate of drug-likeness (QED) is 0.148. The zero-order valence-corrected chi connectivity index (χ0v) is 45.7. The fourth-order valence-corrected chi connectivity index (χ4v) is 11.4. The molecular weight excluding hydrogens is 1280 g/mol. The molecular formula is C60H46N12Pt2-6. The van der Waals surface area contributed by atoms with E-state index in [0.29, 0.717) is 0 Å². The summed E-state index contributed by atoms with van der Waals surface area (Å²) in [6, 6.07) is 51.0. The molecule has 4 aliphatic rings. The van der Waals surface area contributed by atoms with E-state index in [2.05, 4.69) is 189 Å². The average Bonchev–Trinajstić information content (AvgIpc) is 4.28. The Kier molecular flexibility index (Phi) is 12.3. The average molecular weight is 1330 g/mol. The van der Waals surface area contributed by atoms with E-state index < -0.39 is 10.8 Å².